The van der Waals surface area contributed by atoms with Crippen LogP contribution in [0.5, 0.6) is 5.75 Å². The third-order valence-electron chi connectivity index (χ3n) is 5.20. The van der Waals surface area contributed by atoms with Gasteiger partial charge in [-0.3, -0.25) is 9.48 Å². The number of amides is 1. The van der Waals surface area contributed by atoms with Crippen molar-refractivity contribution < 1.29 is 9.53 Å². The molecule has 0 radical (unpaired) electrons. The minimum absolute atomic E-state index is 0.157. The SMILES string of the molecule is Cc1ccc2c(c1)-c1c(cnn1CC(=O)N1C[C@H](C)C[C@@H](C)C1)CO2. The van der Waals surface area contributed by atoms with Gasteiger partial charge in [0.1, 0.15) is 18.9 Å². The highest BCUT2D eigenvalue weighted by atomic mass is 16.5. The van der Waals surface area contributed by atoms with Crippen molar-refractivity contribution in [3.8, 4) is 17.0 Å². The minimum atomic E-state index is 0.157. The summed E-state index contributed by atoms with van der Waals surface area (Å²) in [5.74, 6) is 2.16. The molecule has 2 aliphatic heterocycles. The third-order valence-corrected chi connectivity index (χ3v) is 5.20. The minimum Gasteiger partial charge on any atom is -0.488 e. The van der Waals surface area contributed by atoms with Gasteiger partial charge in [-0.1, -0.05) is 25.5 Å². The Morgan fingerprint density at radius 2 is 2.04 bits per heavy atom. The summed E-state index contributed by atoms with van der Waals surface area (Å²) < 4.78 is 7.67. The molecule has 25 heavy (non-hydrogen) atoms. The van der Waals surface area contributed by atoms with E-state index in [1.807, 2.05) is 27.9 Å². The maximum atomic E-state index is 12.9. The van der Waals surface area contributed by atoms with Crippen LogP contribution in [-0.4, -0.2) is 33.7 Å². The number of piperidine rings is 1. The molecule has 0 N–H and O–H groups in total. The molecule has 1 aromatic carbocycles. The summed E-state index contributed by atoms with van der Waals surface area (Å²) in [4.78, 5) is 14.9. The number of likely N-dealkylation sites (tertiary alicyclic amines) is 1. The number of fused-ring (bicyclic) bond motifs is 3. The predicted octanol–water partition coefficient (Wildman–Crippen LogP) is 3.26. The Morgan fingerprint density at radius 1 is 1.28 bits per heavy atom. The fraction of sp³-hybridized carbons (Fsp3) is 0.500. The summed E-state index contributed by atoms with van der Waals surface area (Å²) in [6.45, 7) is 9.03. The van der Waals surface area contributed by atoms with Crippen LogP contribution in [0.25, 0.3) is 11.3 Å². The second kappa shape index (κ2) is 6.21. The zero-order valence-corrected chi connectivity index (χ0v) is 15.2. The Bertz CT molecular complexity index is 801. The average molecular weight is 339 g/mol. The van der Waals surface area contributed by atoms with E-state index in [1.165, 1.54) is 12.0 Å². The van der Waals surface area contributed by atoms with Crippen LogP contribution in [0.2, 0.25) is 0 Å². The quantitative estimate of drug-likeness (QED) is 0.844. The standard InChI is InChI=1S/C20H25N3O2/c1-13-4-5-18-17(7-13)20-16(12-25-18)8-21-23(20)11-19(24)22-9-14(2)6-15(3)10-22/h4-5,7-8,14-15H,6,9-12H2,1-3H3/t14-,15-/m1/s1. The van der Waals surface area contributed by atoms with E-state index in [2.05, 4.69) is 31.9 Å². The summed E-state index contributed by atoms with van der Waals surface area (Å²) >= 11 is 0. The van der Waals surface area contributed by atoms with E-state index >= 15 is 0 Å². The first kappa shape index (κ1) is 16.2. The smallest absolute Gasteiger partial charge is 0.244 e. The molecule has 0 unspecified atom stereocenters. The van der Waals surface area contributed by atoms with Gasteiger partial charge in [0.2, 0.25) is 5.91 Å². The zero-order chi connectivity index (χ0) is 17.6. The second-order valence-corrected chi connectivity index (χ2v) is 7.71. The lowest BCUT2D eigenvalue weighted by Gasteiger charge is -2.35. The first-order valence-corrected chi connectivity index (χ1v) is 9.07. The van der Waals surface area contributed by atoms with E-state index in [9.17, 15) is 4.79 Å². The summed E-state index contributed by atoms with van der Waals surface area (Å²) in [6, 6.07) is 6.16. The molecular weight excluding hydrogens is 314 g/mol. The summed E-state index contributed by atoms with van der Waals surface area (Å²) in [7, 11) is 0. The van der Waals surface area contributed by atoms with Crippen LogP contribution in [0.3, 0.4) is 0 Å². The van der Waals surface area contributed by atoms with Crippen molar-refractivity contribution in [2.45, 2.75) is 40.3 Å². The van der Waals surface area contributed by atoms with Gasteiger partial charge in [0, 0.05) is 24.2 Å². The number of nitrogens with zero attached hydrogens (tertiary/aromatic N) is 3. The number of carbonyl (C=O) groups is 1. The van der Waals surface area contributed by atoms with Gasteiger partial charge >= 0.3 is 0 Å². The van der Waals surface area contributed by atoms with E-state index in [1.54, 1.807) is 0 Å². The van der Waals surface area contributed by atoms with Crippen LogP contribution in [0.1, 0.15) is 31.4 Å². The normalized spacial score (nSPS) is 22.1. The molecule has 5 nitrogen and oxygen atoms in total. The lowest BCUT2D eigenvalue weighted by molar-refractivity contribution is -0.134. The highest BCUT2D eigenvalue weighted by Crippen LogP contribution is 2.38. The fourth-order valence-corrected chi connectivity index (χ4v) is 4.17. The first-order chi connectivity index (χ1) is 12.0. The van der Waals surface area contributed by atoms with Crippen molar-refractivity contribution >= 4 is 5.91 Å². The van der Waals surface area contributed by atoms with Crippen LogP contribution in [0, 0.1) is 18.8 Å². The number of benzene rings is 1. The average Bonchev–Trinajstić information content (AvgIpc) is 2.97. The van der Waals surface area contributed by atoms with Crippen molar-refractivity contribution in [1.29, 1.82) is 0 Å². The Kier molecular flexibility index (Phi) is 4.02. The molecule has 4 rings (SSSR count). The highest BCUT2D eigenvalue weighted by molar-refractivity contribution is 5.78. The van der Waals surface area contributed by atoms with Crippen LogP contribution in [0.15, 0.2) is 24.4 Å². The van der Waals surface area contributed by atoms with Crippen LogP contribution >= 0.6 is 0 Å². The summed E-state index contributed by atoms with van der Waals surface area (Å²) in [5.41, 5.74) is 4.28. The van der Waals surface area contributed by atoms with Crippen LogP contribution < -0.4 is 4.74 Å². The van der Waals surface area contributed by atoms with Gasteiger partial charge in [0.15, 0.2) is 0 Å². The largest absolute Gasteiger partial charge is 0.488 e. The molecule has 1 fully saturated rings. The van der Waals surface area contributed by atoms with Crippen molar-refractivity contribution in [3.63, 3.8) is 0 Å². The molecule has 2 aromatic rings. The lowest BCUT2D eigenvalue weighted by atomic mass is 9.92. The predicted molar refractivity (Wildman–Crippen MR) is 96.3 cm³/mol. The Balaban J connectivity index is 1.61. The number of ether oxygens (including phenoxy) is 1. The molecule has 132 valence electrons. The molecule has 0 bridgehead atoms. The van der Waals surface area contributed by atoms with Crippen molar-refractivity contribution in [2.24, 2.45) is 11.8 Å². The summed E-state index contributed by atoms with van der Waals surface area (Å²) in [6.07, 6.45) is 3.03. The number of aryl methyl sites for hydroxylation is 1. The Morgan fingerprint density at radius 3 is 2.80 bits per heavy atom. The fourth-order valence-electron chi connectivity index (χ4n) is 4.17. The van der Waals surface area contributed by atoms with Gasteiger partial charge in [0.05, 0.1) is 11.9 Å². The van der Waals surface area contributed by atoms with Crippen LogP contribution in [-0.2, 0) is 17.9 Å². The molecule has 2 atom stereocenters. The van der Waals surface area contributed by atoms with Crippen molar-refractivity contribution in [2.75, 3.05) is 13.1 Å². The van der Waals surface area contributed by atoms with Crippen molar-refractivity contribution in [1.82, 2.24) is 14.7 Å². The molecule has 0 saturated carbocycles. The maximum Gasteiger partial charge on any atom is 0.244 e. The third kappa shape index (κ3) is 3.03. The summed E-state index contributed by atoms with van der Waals surface area (Å²) in [5, 5.41) is 4.49. The van der Waals surface area contributed by atoms with E-state index in [0.29, 0.717) is 25.0 Å². The number of carbonyl (C=O) groups excluding carboxylic acids is 1. The number of hydrogen-bond acceptors (Lipinski definition) is 3. The molecule has 1 saturated heterocycles. The Labute approximate surface area is 148 Å². The van der Waals surface area contributed by atoms with E-state index in [0.717, 1.165) is 35.7 Å². The molecule has 1 aromatic heterocycles. The zero-order valence-electron chi connectivity index (χ0n) is 15.2. The van der Waals surface area contributed by atoms with Crippen molar-refractivity contribution in [3.05, 3.63) is 35.5 Å². The molecule has 0 spiro atoms. The molecule has 3 heterocycles. The van der Waals surface area contributed by atoms with Gasteiger partial charge in [0.25, 0.3) is 0 Å². The van der Waals surface area contributed by atoms with E-state index < -0.39 is 0 Å². The van der Waals surface area contributed by atoms with E-state index in [-0.39, 0.29) is 5.91 Å². The van der Waals surface area contributed by atoms with Crippen LogP contribution in [0.4, 0.5) is 0 Å². The first-order valence-electron chi connectivity index (χ1n) is 9.07. The van der Waals surface area contributed by atoms with Gasteiger partial charge in [-0.05, 0) is 37.3 Å². The van der Waals surface area contributed by atoms with Gasteiger partial charge in [-0.2, -0.15) is 5.10 Å². The second-order valence-electron chi connectivity index (χ2n) is 7.71. The van der Waals surface area contributed by atoms with Gasteiger partial charge in [-0.15, -0.1) is 0 Å². The number of aromatic nitrogens is 2. The number of rotatable bonds is 2. The highest BCUT2D eigenvalue weighted by Gasteiger charge is 2.28. The van der Waals surface area contributed by atoms with Gasteiger partial charge < -0.3 is 9.64 Å². The molecule has 1 amide bonds. The molecular formula is C20H25N3O2. The Hall–Kier alpha value is -2.30. The maximum absolute atomic E-state index is 12.9. The van der Waals surface area contributed by atoms with Gasteiger partial charge in [-0.25, -0.2) is 0 Å². The lowest BCUT2D eigenvalue weighted by Crippen LogP contribution is -2.44. The monoisotopic (exact) mass is 339 g/mol. The number of hydrogen-bond donors (Lipinski definition) is 0. The molecule has 5 heteroatoms. The molecule has 0 aliphatic carbocycles. The molecule has 2 aliphatic rings. The van der Waals surface area contributed by atoms with E-state index in [4.69, 9.17) is 4.74 Å². The topological polar surface area (TPSA) is 47.4 Å².